The number of halogens is 1. The van der Waals surface area contributed by atoms with Crippen LogP contribution in [0.3, 0.4) is 0 Å². The van der Waals surface area contributed by atoms with Crippen molar-refractivity contribution >= 4 is 11.6 Å². The lowest BCUT2D eigenvalue weighted by Crippen LogP contribution is -2.39. The Morgan fingerprint density at radius 2 is 2.00 bits per heavy atom. The van der Waals surface area contributed by atoms with Crippen LogP contribution in [0.2, 0.25) is 0 Å². The number of likely N-dealkylation sites (tertiary alicyclic amines) is 1. The van der Waals surface area contributed by atoms with E-state index in [9.17, 15) is 5.11 Å². The van der Waals surface area contributed by atoms with Gasteiger partial charge in [0, 0.05) is 18.5 Å². The van der Waals surface area contributed by atoms with E-state index in [-0.39, 0.29) is 0 Å². The number of hydrogen-bond acceptors (Lipinski definition) is 2. The molecule has 0 bridgehead atoms. The molecule has 0 spiro atoms. The van der Waals surface area contributed by atoms with Gasteiger partial charge in [-0.25, -0.2) is 0 Å². The van der Waals surface area contributed by atoms with Gasteiger partial charge in [0.05, 0.1) is 0 Å². The molecule has 0 aromatic heterocycles. The number of alkyl halides is 1. The number of nitrogens with zero attached hydrogens (tertiary/aromatic N) is 1. The lowest BCUT2D eigenvalue weighted by Gasteiger charge is -2.35. The van der Waals surface area contributed by atoms with Gasteiger partial charge in [-0.2, -0.15) is 0 Å². The molecule has 1 heterocycles. The minimum absolute atomic E-state index is 0.338. The highest BCUT2D eigenvalue weighted by Gasteiger charge is 2.21. The summed E-state index contributed by atoms with van der Waals surface area (Å²) in [6.07, 6.45) is 4.97. The van der Waals surface area contributed by atoms with Crippen LogP contribution in [0.15, 0.2) is 24.3 Å². The first-order valence-electron chi connectivity index (χ1n) is 6.37. The highest BCUT2D eigenvalue weighted by atomic mass is 35.5. The zero-order valence-corrected chi connectivity index (χ0v) is 10.9. The molecular weight excluding hydrogens is 234 g/mol. The Kier molecular flexibility index (Phi) is 4.69. The molecule has 1 aliphatic rings. The minimum Gasteiger partial charge on any atom is -0.508 e. The molecule has 94 valence electrons. The van der Waals surface area contributed by atoms with Gasteiger partial charge in [-0.05, 0) is 43.5 Å². The van der Waals surface area contributed by atoms with Crippen LogP contribution in [0.1, 0.15) is 31.2 Å². The Morgan fingerprint density at radius 1 is 1.24 bits per heavy atom. The van der Waals surface area contributed by atoms with Crippen LogP contribution in [0.4, 0.5) is 0 Å². The summed E-state index contributed by atoms with van der Waals surface area (Å²) in [5.74, 6) is 1.08. The quantitative estimate of drug-likeness (QED) is 0.832. The molecule has 2 nitrogen and oxygen atoms in total. The highest BCUT2D eigenvalue weighted by molar-refractivity contribution is 6.17. The Bertz CT molecular complexity index is 337. The van der Waals surface area contributed by atoms with E-state index in [1.165, 1.54) is 31.4 Å². The molecule has 3 heteroatoms. The summed E-state index contributed by atoms with van der Waals surface area (Å²) in [4.78, 5) is 2.53. The van der Waals surface area contributed by atoms with Crippen molar-refractivity contribution in [3.8, 4) is 5.75 Å². The fourth-order valence-corrected chi connectivity index (χ4v) is 2.81. The van der Waals surface area contributed by atoms with E-state index < -0.39 is 0 Å². The lowest BCUT2D eigenvalue weighted by atomic mass is 9.99. The molecule has 1 saturated heterocycles. The molecule has 0 amide bonds. The van der Waals surface area contributed by atoms with Gasteiger partial charge in [-0.1, -0.05) is 18.6 Å². The predicted molar refractivity (Wildman–Crippen MR) is 71.5 cm³/mol. The van der Waals surface area contributed by atoms with Crippen LogP contribution in [0, 0.1) is 0 Å². The molecule has 1 aromatic carbocycles. The maximum Gasteiger partial charge on any atom is 0.115 e. The molecule has 0 aliphatic carbocycles. The van der Waals surface area contributed by atoms with Crippen molar-refractivity contribution in [2.75, 3.05) is 12.4 Å². The van der Waals surface area contributed by atoms with E-state index >= 15 is 0 Å². The van der Waals surface area contributed by atoms with Crippen molar-refractivity contribution in [3.05, 3.63) is 29.8 Å². The molecule has 1 atom stereocenters. The summed E-state index contributed by atoms with van der Waals surface area (Å²) in [6, 6.07) is 8.16. The Hall–Kier alpha value is -0.730. The molecule has 1 N–H and O–H groups in total. The van der Waals surface area contributed by atoms with E-state index in [2.05, 4.69) is 4.90 Å². The van der Waals surface area contributed by atoms with Gasteiger partial charge >= 0.3 is 0 Å². The molecule has 1 unspecified atom stereocenters. The van der Waals surface area contributed by atoms with E-state index in [0.717, 1.165) is 18.8 Å². The number of benzene rings is 1. The molecule has 1 fully saturated rings. The van der Waals surface area contributed by atoms with Crippen molar-refractivity contribution in [1.29, 1.82) is 0 Å². The lowest BCUT2D eigenvalue weighted by molar-refractivity contribution is 0.137. The average Bonchev–Trinajstić information content (AvgIpc) is 2.35. The SMILES string of the molecule is Oc1ccc(CN2CCCCC2CCCl)cc1. The normalized spacial score (nSPS) is 21.6. The fourth-order valence-electron chi connectivity index (χ4n) is 2.56. The number of phenolic OH excluding ortho intramolecular Hbond substituents is 1. The third-order valence-corrected chi connectivity index (χ3v) is 3.73. The molecule has 0 radical (unpaired) electrons. The number of piperidine rings is 1. The Morgan fingerprint density at radius 3 is 2.71 bits per heavy atom. The number of phenols is 1. The van der Waals surface area contributed by atoms with Crippen molar-refractivity contribution < 1.29 is 5.11 Å². The van der Waals surface area contributed by atoms with E-state index in [1.807, 2.05) is 12.1 Å². The predicted octanol–water partition coefficient (Wildman–Crippen LogP) is 3.38. The smallest absolute Gasteiger partial charge is 0.115 e. The van der Waals surface area contributed by atoms with E-state index in [4.69, 9.17) is 11.6 Å². The molecule has 0 saturated carbocycles. The van der Waals surface area contributed by atoms with Crippen LogP contribution in [-0.4, -0.2) is 28.5 Å². The van der Waals surface area contributed by atoms with Crippen LogP contribution in [0.25, 0.3) is 0 Å². The fraction of sp³-hybridized carbons (Fsp3) is 0.571. The Labute approximate surface area is 108 Å². The summed E-state index contributed by atoms with van der Waals surface area (Å²) in [6.45, 7) is 2.14. The number of hydrogen-bond donors (Lipinski definition) is 1. The van der Waals surface area contributed by atoms with Crippen LogP contribution >= 0.6 is 11.6 Å². The van der Waals surface area contributed by atoms with Gasteiger partial charge < -0.3 is 5.11 Å². The summed E-state index contributed by atoms with van der Waals surface area (Å²) < 4.78 is 0. The van der Waals surface area contributed by atoms with E-state index in [0.29, 0.717) is 11.8 Å². The standard InChI is InChI=1S/C14H20ClNO/c15-9-8-13-3-1-2-10-16(13)11-12-4-6-14(17)7-5-12/h4-7,13,17H,1-3,8-11H2. The topological polar surface area (TPSA) is 23.5 Å². The minimum atomic E-state index is 0.338. The van der Waals surface area contributed by atoms with Crippen LogP contribution in [0.5, 0.6) is 5.75 Å². The van der Waals surface area contributed by atoms with Crippen molar-refractivity contribution in [2.45, 2.75) is 38.3 Å². The van der Waals surface area contributed by atoms with Gasteiger partial charge in [0.1, 0.15) is 5.75 Å². The maximum atomic E-state index is 9.27. The van der Waals surface area contributed by atoms with Gasteiger partial charge in [0.15, 0.2) is 0 Å². The summed E-state index contributed by atoms with van der Waals surface area (Å²) in [7, 11) is 0. The number of aromatic hydroxyl groups is 1. The third kappa shape index (κ3) is 3.62. The third-order valence-electron chi connectivity index (χ3n) is 3.51. The van der Waals surface area contributed by atoms with Crippen molar-refractivity contribution in [3.63, 3.8) is 0 Å². The van der Waals surface area contributed by atoms with E-state index in [1.54, 1.807) is 12.1 Å². The second-order valence-electron chi connectivity index (χ2n) is 4.76. The van der Waals surface area contributed by atoms with Crippen molar-refractivity contribution in [1.82, 2.24) is 4.90 Å². The summed E-state index contributed by atoms with van der Waals surface area (Å²) in [5.41, 5.74) is 1.27. The molecular formula is C14H20ClNO. The first-order chi connectivity index (χ1) is 8.29. The molecule has 17 heavy (non-hydrogen) atoms. The highest BCUT2D eigenvalue weighted by Crippen LogP contribution is 2.22. The Balaban J connectivity index is 1.97. The van der Waals surface area contributed by atoms with Gasteiger partial charge in [-0.3, -0.25) is 4.90 Å². The monoisotopic (exact) mass is 253 g/mol. The van der Waals surface area contributed by atoms with Crippen LogP contribution in [-0.2, 0) is 6.54 Å². The second-order valence-corrected chi connectivity index (χ2v) is 5.14. The van der Waals surface area contributed by atoms with Gasteiger partial charge in [0.2, 0.25) is 0 Å². The van der Waals surface area contributed by atoms with Crippen LogP contribution < -0.4 is 0 Å². The molecule has 1 aliphatic heterocycles. The zero-order chi connectivity index (χ0) is 12.1. The number of rotatable bonds is 4. The second kappa shape index (κ2) is 6.27. The summed E-state index contributed by atoms with van der Waals surface area (Å²) >= 11 is 5.86. The molecule has 2 rings (SSSR count). The average molecular weight is 254 g/mol. The van der Waals surface area contributed by atoms with Crippen molar-refractivity contribution in [2.24, 2.45) is 0 Å². The van der Waals surface area contributed by atoms with Gasteiger partial charge in [0.25, 0.3) is 0 Å². The first kappa shape index (κ1) is 12.7. The maximum absolute atomic E-state index is 9.27. The largest absolute Gasteiger partial charge is 0.508 e. The molecule has 1 aromatic rings. The first-order valence-corrected chi connectivity index (χ1v) is 6.91. The van der Waals surface area contributed by atoms with Gasteiger partial charge in [-0.15, -0.1) is 11.6 Å². The summed E-state index contributed by atoms with van der Waals surface area (Å²) in [5, 5.41) is 9.27. The zero-order valence-electron chi connectivity index (χ0n) is 10.1.